The molecule has 14 nitrogen and oxygen atoms in total. The zero-order chi connectivity index (χ0) is 47.5. The third-order valence-corrected chi connectivity index (χ3v) is 17.8. The molecule has 3 aromatic rings. The number of carbonyl (C=O) groups excluding carboxylic acids is 8. The number of hydrogen-bond donors (Lipinski definition) is 6. The predicted molar refractivity (Wildman–Crippen MR) is 312 cm³/mol. The monoisotopic (exact) mass is 1950 g/mol. The summed E-state index contributed by atoms with van der Waals surface area (Å²) in [6.45, 7) is 2.72. The summed E-state index contributed by atoms with van der Waals surface area (Å²) in [6.07, 6.45) is -0.601. The van der Waals surface area contributed by atoms with E-state index in [1.807, 2.05) is 203 Å². The minimum atomic E-state index is -1.10. The van der Waals surface area contributed by atoms with Gasteiger partial charge in [0.05, 0.1) is 84.6 Å². The lowest BCUT2D eigenvalue weighted by Crippen LogP contribution is -2.35. The van der Waals surface area contributed by atoms with Gasteiger partial charge in [-0.3, -0.25) is 38.4 Å². The normalized spacial score (nSPS) is 10.9. The van der Waals surface area contributed by atoms with Gasteiger partial charge in [0.25, 0.3) is 32.1 Å². The van der Waals surface area contributed by atoms with Crippen LogP contribution < -0.4 is 21.7 Å². The van der Waals surface area contributed by atoms with Gasteiger partial charge in [-0.05, 0) is 261 Å². The van der Waals surface area contributed by atoms with Gasteiger partial charge in [-0.15, -0.1) is 0 Å². The van der Waals surface area contributed by atoms with Gasteiger partial charge in [0.2, 0.25) is 11.8 Å². The zero-order valence-corrected chi connectivity index (χ0v) is 53.1. The van der Waals surface area contributed by atoms with Gasteiger partial charge in [0.1, 0.15) is 0 Å². The fraction of sp³-hybridized carbons (Fsp3) is 0.212. The van der Waals surface area contributed by atoms with Crippen LogP contribution in [-0.4, -0.2) is 73.4 Å². The molecule has 0 aromatic heterocycles. The second-order valence-electron chi connectivity index (χ2n) is 11.0. The smallest absolute Gasteiger partial charge is 0.254 e. The Morgan fingerprint density at radius 2 is 0.770 bits per heavy atom. The van der Waals surface area contributed by atoms with Crippen molar-refractivity contribution in [3.63, 3.8) is 0 Å². The van der Waals surface area contributed by atoms with Gasteiger partial charge < -0.3 is 31.9 Å². The average Bonchev–Trinajstić information content (AvgIpc) is 3.15. The molecule has 332 valence electrons. The molecule has 0 saturated heterocycles. The van der Waals surface area contributed by atoms with Crippen molar-refractivity contribution in [2.75, 3.05) is 29.5 Å². The first-order chi connectivity index (χ1) is 28.2. The van der Waals surface area contributed by atoms with E-state index in [1.54, 1.807) is 13.8 Å². The first-order valence-corrected chi connectivity index (χ1v) is 27.3. The molecule has 0 saturated carbocycles. The highest BCUT2D eigenvalue weighted by atomic mass is 127. The van der Waals surface area contributed by atoms with Crippen molar-refractivity contribution in [3.8, 4) is 0 Å². The Labute approximate surface area is 495 Å². The highest BCUT2D eigenvalue weighted by molar-refractivity contribution is 14.1. The molecule has 1 atom stereocenters. The first-order valence-electron chi connectivity index (χ1n) is 15.7. The SMILES string of the molecule is CCC(=O)Nc1c(I)c(C(=O)Cl)c(I)c(C(=O)Cl)c1I.CCC(=O)Nc1c(I)c(C(=O)Cl)c(I)c(C(=O)NCC(O)CO)c1I.Nc1c(I)c(C(=O)Cl)c(I)c(C(=O)Cl)c1I. The number of halogens is 14. The number of aliphatic hydroxyl groups excluding tert-OH is 2. The summed E-state index contributed by atoms with van der Waals surface area (Å²) < 4.78 is 4.09. The number of anilines is 3. The van der Waals surface area contributed by atoms with Gasteiger partial charge in [0.15, 0.2) is 0 Å². The number of nitrogens with one attached hydrogen (secondary N) is 3. The van der Waals surface area contributed by atoms with Crippen molar-refractivity contribution < 1.29 is 48.6 Å². The topological polar surface area (TPSA) is 239 Å². The van der Waals surface area contributed by atoms with Gasteiger partial charge >= 0.3 is 0 Å². The summed E-state index contributed by atoms with van der Waals surface area (Å²) in [7, 11) is 0. The van der Waals surface area contributed by atoms with E-state index in [9.17, 15) is 43.5 Å². The lowest BCUT2D eigenvalue weighted by atomic mass is 10.1. The molecule has 3 aromatic carbocycles. The van der Waals surface area contributed by atoms with Crippen LogP contribution in [0.2, 0.25) is 0 Å². The summed E-state index contributed by atoms with van der Waals surface area (Å²) in [6, 6.07) is 0. The minimum Gasteiger partial charge on any atom is -0.397 e. The maximum Gasteiger partial charge on any atom is 0.254 e. The lowest BCUT2D eigenvalue weighted by Gasteiger charge is -2.18. The fourth-order valence-corrected chi connectivity index (χ4v) is 19.6. The van der Waals surface area contributed by atoms with E-state index in [-0.39, 0.29) is 64.6 Å². The van der Waals surface area contributed by atoms with E-state index in [0.29, 0.717) is 49.2 Å². The quantitative estimate of drug-likeness (QED) is 0.0534. The van der Waals surface area contributed by atoms with Crippen LogP contribution in [0.3, 0.4) is 0 Å². The van der Waals surface area contributed by atoms with E-state index in [2.05, 4.69) is 16.0 Å². The number of nitrogens with two attached hydrogens (primary N) is 1. The predicted octanol–water partition coefficient (Wildman–Crippen LogP) is 10.8. The van der Waals surface area contributed by atoms with Crippen LogP contribution in [0.1, 0.15) is 88.8 Å². The van der Waals surface area contributed by atoms with Crippen molar-refractivity contribution in [2.45, 2.75) is 32.8 Å². The summed E-state index contributed by atoms with van der Waals surface area (Å²) in [5.41, 5.74) is 7.94. The van der Waals surface area contributed by atoms with Crippen LogP contribution >= 0.6 is 261 Å². The number of hydrogen-bond acceptors (Lipinski definition) is 11. The Morgan fingerprint density at radius 1 is 0.508 bits per heavy atom. The number of amides is 3. The highest BCUT2D eigenvalue weighted by Crippen LogP contribution is 2.39. The van der Waals surface area contributed by atoms with E-state index in [0.717, 1.165) is 0 Å². The summed E-state index contributed by atoms with van der Waals surface area (Å²) in [5, 5.41) is 22.6. The Balaban J connectivity index is 0.000000469. The molecule has 3 rings (SSSR count). The standard InChI is InChI=1S/C14H14ClI3N2O5.C11H6Cl2I3NO3.C8H2Cl2I3NO2/c1-2-6(23)20-12-10(17)7(13(15)24)9(16)8(11(12)18)14(25)19-3-5(22)4-21;1-2-3(18)17-9-7(15)4(10(12)19)6(14)5(8(9)16)11(13)20;9-7(15)1-3(11)2(8(10)16)5(13)6(14)4(1)12/h5,21-22H,2-4H2,1H3,(H,19,25)(H,20,23);2H2,1H3,(H,17,18);14H2. The van der Waals surface area contributed by atoms with E-state index in [1.165, 1.54) is 0 Å². The first kappa shape index (κ1) is 61.2. The molecule has 0 fully saturated rings. The molecule has 0 spiro atoms. The minimum absolute atomic E-state index is 0.127. The van der Waals surface area contributed by atoms with E-state index < -0.39 is 44.8 Å². The van der Waals surface area contributed by atoms with Crippen molar-refractivity contribution in [3.05, 3.63) is 65.5 Å². The number of rotatable bonds is 13. The molecule has 0 aliphatic carbocycles. The molecule has 1 unspecified atom stereocenters. The molecule has 28 heteroatoms. The van der Waals surface area contributed by atoms with Crippen LogP contribution in [0.4, 0.5) is 17.1 Å². The fourth-order valence-electron chi connectivity index (χ4n) is 4.11. The molecule has 0 radical (unpaired) electrons. The number of nitrogen functional groups attached to an aromatic ring is 1. The third kappa shape index (κ3) is 16.4. The number of benzene rings is 3. The van der Waals surface area contributed by atoms with Gasteiger partial charge in [-0.2, -0.15) is 0 Å². The molecule has 61 heavy (non-hydrogen) atoms. The largest absolute Gasteiger partial charge is 0.397 e. The maximum absolute atomic E-state index is 12.5. The molecular formula is C33H22Cl5I9N4O10. The van der Waals surface area contributed by atoms with Crippen LogP contribution in [0.25, 0.3) is 0 Å². The third-order valence-electron chi connectivity index (χ3n) is 7.07. The molecule has 0 aliphatic rings. The van der Waals surface area contributed by atoms with E-state index in [4.69, 9.17) is 68.8 Å². The number of carbonyl (C=O) groups is 8. The highest BCUT2D eigenvalue weighted by Gasteiger charge is 2.29. The van der Waals surface area contributed by atoms with Crippen molar-refractivity contribution in [1.82, 2.24) is 5.32 Å². The van der Waals surface area contributed by atoms with Crippen LogP contribution in [0.15, 0.2) is 0 Å². The Hall–Kier alpha value is 2.16. The summed E-state index contributed by atoms with van der Waals surface area (Å²) in [4.78, 5) is 93.4. The Bertz CT molecular complexity index is 2260. The second-order valence-corrected chi connectivity index (χ2v) is 22.4. The number of aliphatic hydroxyl groups is 2. The summed E-state index contributed by atoms with van der Waals surface area (Å²) in [5.74, 6) is -1.06. The maximum atomic E-state index is 12.5. The zero-order valence-electron chi connectivity index (χ0n) is 29.9. The molecule has 0 bridgehead atoms. The molecular weight excluding hydrogens is 1930 g/mol. The van der Waals surface area contributed by atoms with Crippen molar-refractivity contribution >= 4 is 322 Å². The lowest BCUT2D eigenvalue weighted by molar-refractivity contribution is -0.116. The van der Waals surface area contributed by atoms with Gasteiger partial charge in [-0.1, -0.05) is 13.8 Å². The average molecular weight is 1950 g/mol. The summed E-state index contributed by atoms with van der Waals surface area (Å²) >= 11 is 44.7. The molecule has 0 aliphatic heterocycles. The van der Waals surface area contributed by atoms with Crippen molar-refractivity contribution in [1.29, 1.82) is 0 Å². The van der Waals surface area contributed by atoms with Crippen LogP contribution in [0, 0.1) is 32.1 Å². The molecule has 0 heterocycles. The van der Waals surface area contributed by atoms with Crippen molar-refractivity contribution in [2.24, 2.45) is 0 Å². The Kier molecular flexibility index (Phi) is 28.7. The van der Waals surface area contributed by atoms with E-state index >= 15 is 0 Å². The Morgan fingerprint density at radius 3 is 1.03 bits per heavy atom. The van der Waals surface area contributed by atoms with Gasteiger partial charge in [0, 0.05) is 30.1 Å². The van der Waals surface area contributed by atoms with Gasteiger partial charge in [-0.25, -0.2) is 0 Å². The van der Waals surface area contributed by atoms with Crippen LogP contribution in [-0.2, 0) is 9.59 Å². The molecule has 3 amide bonds. The molecule has 7 N–H and O–H groups in total. The van der Waals surface area contributed by atoms with Crippen LogP contribution in [0.5, 0.6) is 0 Å². The second kappa shape index (κ2) is 28.6.